The molecule has 1 radical (unpaired) electrons. The number of aromatic nitrogens is 3. The van der Waals surface area contributed by atoms with Crippen LogP contribution in [-0.4, -0.2) is 9.50 Å². The van der Waals surface area contributed by atoms with Gasteiger partial charge in [0.15, 0.2) is 6.20 Å². The predicted molar refractivity (Wildman–Crippen MR) is 96.4 cm³/mol. The Morgan fingerprint density at radius 3 is 2.84 bits per heavy atom. The van der Waals surface area contributed by atoms with E-state index in [-0.39, 0.29) is 20.1 Å². The third-order valence-corrected chi connectivity index (χ3v) is 5.63. The fraction of sp³-hybridized carbons (Fsp3) is 0. The van der Waals surface area contributed by atoms with E-state index in [2.05, 4.69) is 62.7 Å². The third-order valence-electron chi connectivity index (χ3n) is 4.51. The maximum absolute atomic E-state index is 4.57. The summed E-state index contributed by atoms with van der Waals surface area (Å²) in [6, 6.07) is 22.1. The predicted octanol–water partition coefficient (Wildman–Crippen LogP) is 4.19. The fourth-order valence-electron chi connectivity index (χ4n) is 3.49. The van der Waals surface area contributed by atoms with Crippen LogP contribution in [0.15, 0.2) is 60.8 Å². The van der Waals surface area contributed by atoms with E-state index >= 15 is 0 Å². The first-order valence-electron chi connectivity index (χ1n) is 7.76. The summed E-state index contributed by atoms with van der Waals surface area (Å²) in [6.45, 7) is 0. The van der Waals surface area contributed by atoms with E-state index in [1.807, 2.05) is 24.4 Å². The molecular formula is C20H10IrN3S-. The Morgan fingerprint density at radius 2 is 1.88 bits per heavy atom. The molecule has 0 aliphatic rings. The quantitative estimate of drug-likeness (QED) is 0.169. The van der Waals surface area contributed by atoms with Crippen molar-refractivity contribution in [3.05, 3.63) is 73.1 Å². The van der Waals surface area contributed by atoms with Crippen molar-refractivity contribution in [2.45, 2.75) is 0 Å². The fourth-order valence-corrected chi connectivity index (χ4v) is 4.61. The molecule has 4 heterocycles. The molecule has 0 saturated carbocycles. The van der Waals surface area contributed by atoms with E-state index in [1.165, 1.54) is 25.8 Å². The molecule has 0 unspecified atom stereocenters. The molecule has 0 fully saturated rings. The van der Waals surface area contributed by atoms with Gasteiger partial charge in [0.25, 0.3) is 0 Å². The molecular weight excluding hydrogens is 507 g/mol. The van der Waals surface area contributed by atoms with Gasteiger partial charge in [-0.25, -0.2) is 0 Å². The standard InChI is InChI=1S/C20H10N3S.Ir/c1-3-8-16-13(6-1)14-7-2-4-9-17(14)23-20-15(12-22(16)23)19-18(24-20)10-5-11-21-19;/h1-7,9-11H;/q-1;. The molecule has 0 spiro atoms. The second-order valence-electron chi connectivity index (χ2n) is 5.82. The Morgan fingerprint density at radius 1 is 1.00 bits per heavy atom. The van der Waals surface area contributed by atoms with Gasteiger partial charge in [-0.3, -0.25) is 0 Å². The number of para-hydroxylation sites is 2. The van der Waals surface area contributed by atoms with Crippen molar-refractivity contribution in [2.24, 2.45) is 0 Å². The summed E-state index contributed by atoms with van der Waals surface area (Å²) in [4.78, 5) is 5.73. The summed E-state index contributed by atoms with van der Waals surface area (Å²) in [6.07, 6.45) is 5.38. The number of fused-ring (bicyclic) bond motifs is 10. The van der Waals surface area contributed by atoms with Crippen LogP contribution in [0.5, 0.6) is 0 Å². The average Bonchev–Trinajstić information content (AvgIpc) is 3.18. The van der Waals surface area contributed by atoms with Crippen molar-refractivity contribution in [2.75, 3.05) is 0 Å². The maximum Gasteiger partial charge on any atom is 0.188 e. The molecule has 0 aliphatic carbocycles. The molecule has 2 aromatic carbocycles. The zero-order valence-electron chi connectivity index (χ0n) is 12.9. The zero-order chi connectivity index (χ0) is 15.7. The normalized spacial score (nSPS) is 11.7. The third kappa shape index (κ3) is 1.89. The van der Waals surface area contributed by atoms with E-state index in [0.29, 0.717) is 0 Å². The number of hydrogen-bond donors (Lipinski definition) is 0. The second kappa shape index (κ2) is 5.33. The number of rotatable bonds is 0. The van der Waals surface area contributed by atoms with Crippen LogP contribution in [0.25, 0.3) is 42.2 Å². The topological polar surface area (TPSA) is 21.4 Å². The van der Waals surface area contributed by atoms with Crippen LogP contribution in [0, 0.1) is 12.3 Å². The molecule has 25 heavy (non-hydrogen) atoms. The van der Waals surface area contributed by atoms with Gasteiger partial charge in [-0.1, -0.05) is 29.7 Å². The SMILES string of the molecule is [Ir].[c-]1cccc2c3ccccc3n3c4sc5cccnc5c4[c-][n+]3c12. The molecule has 0 atom stereocenters. The van der Waals surface area contributed by atoms with E-state index in [4.69, 9.17) is 0 Å². The van der Waals surface area contributed by atoms with Gasteiger partial charge >= 0.3 is 0 Å². The van der Waals surface area contributed by atoms with Crippen molar-refractivity contribution in [1.82, 2.24) is 9.50 Å². The monoisotopic (exact) mass is 517 g/mol. The smallest absolute Gasteiger partial charge is 0.188 e. The van der Waals surface area contributed by atoms with Gasteiger partial charge in [0.2, 0.25) is 0 Å². The van der Waals surface area contributed by atoms with Crippen LogP contribution >= 0.6 is 11.3 Å². The molecule has 5 heteroatoms. The molecule has 0 bridgehead atoms. The molecule has 0 amide bonds. The first-order valence-corrected chi connectivity index (χ1v) is 8.58. The van der Waals surface area contributed by atoms with Crippen LogP contribution in [0.4, 0.5) is 0 Å². The first kappa shape index (κ1) is 15.0. The largest absolute Gasteiger partial charge is 0.303 e. The van der Waals surface area contributed by atoms with Crippen molar-refractivity contribution >= 4 is 53.6 Å². The van der Waals surface area contributed by atoms with Gasteiger partial charge in [0.05, 0.1) is 15.9 Å². The zero-order valence-corrected chi connectivity index (χ0v) is 16.1. The van der Waals surface area contributed by atoms with Crippen LogP contribution in [0.2, 0.25) is 0 Å². The summed E-state index contributed by atoms with van der Waals surface area (Å²) in [5.74, 6) is 0. The minimum Gasteiger partial charge on any atom is -0.303 e. The molecule has 0 N–H and O–H groups in total. The number of hydrogen-bond acceptors (Lipinski definition) is 2. The Hall–Kier alpha value is -2.33. The van der Waals surface area contributed by atoms with E-state index < -0.39 is 0 Å². The molecule has 6 rings (SSSR count). The summed E-state index contributed by atoms with van der Waals surface area (Å²) in [5.41, 5.74) is 3.22. The van der Waals surface area contributed by atoms with Crippen molar-refractivity contribution < 1.29 is 24.6 Å². The van der Waals surface area contributed by atoms with Crippen LogP contribution in [-0.2, 0) is 20.1 Å². The number of benzene rings is 2. The minimum atomic E-state index is 0. The number of nitrogens with zero attached hydrogens (tertiary/aromatic N) is 3. The van der Waals surface area contributed by atoms with Gasteiger partial charge in [0, 0.05) is 36.5 Å². The Kier molecular flexibility index (Phi) is 3.19. The number of thiophene rings is 1. The average molecular weight is 517 g/mol. The van der Waals surface area contributed by atoms with Crippen molar-refractivity contribution in [3.63, 3.8) is 0 Å². The molecule has 6 aromatic rings. The minimum absolute atomic E-state index is 0. The molecule has 4 aromatic heterocycles. The Labute approximate surface area is 160 Å². The van der Waals surface area contributed by atoms with Gasteiger partial charge in [-0.15, -0.1) is 0 Å². The van der Waals surface area contributed by atoms with Crippen molar-refractivity contribution in [1.29, 1.82) is 0 Å². The first-order chi connectivity index (χ1) is 11.9. The second-order valence-corrected chi connectivity index (χ2v) is 6.85. The Bertz CT molecular complexity index is 1410. The van der Waals surface area contributed by atoms with Gasteiger partial charge in [-0.2, -0.15) is 44.6 Å². The van der Waals surface area contributed by atoms with Gasteiger partial charge in [-0.05, 0) is 22.9 Å². The molecule has 3 nitrogen and oxygen atoms in total. The molecule has 0 saturated heterocycles. The van der Waals surface area contributed by atoms with Gasteiger partial charge < -0.3 is 4.98 Å². The van der Waals surface area contributed by atoms with E-state index in [1.54, 1.807) is 11.3 Å². The number of pyridine rings is 1. The summed E-state index contributed by atoms with van der Waals surface area (Å²) >= 11 is 1.76. The summed E-state index contributed by atoms with van der Waals surface area (Å²) in [7, 11) is 0. The summed E-state index contributed by atoms with van der Waals surface area (Å²) in [5, 5.41) is 3.47. The van der Waals surface area contributed by atoms with Gasteiger partial charge in [0.1, 0.15) is 0 Å². The Balaban J connectivity index is 0.00000140. The van der Waals surface area contributed by atoms with E-state index in [9.17, 15) is 0 Å². The molecule has 0 aliphatic heterocycles. The van der Waals surface area contributed by atoms with Crippen LogP contribution in [0.1, 0.15) is 0 Å². The maximum atomic E-state index is 4.57. The molecule has 121 valence electrons. The van der Waals surface area contributed by atoms with Crippen molar-refractivity contribution in [3.8, 4) is 0 Å². The summed E-state index contributed by atoms with van der Waals surface area (Å²) < 4.78 is 5.50. The van der Waals surface area contributed by atoms with Crippen LogP contribution in [0.3, 0.4) is 0 Å². The van der Waals surface area contributed by atoms with E-state index in [0.717, 1.165) is 16.4 Å². The van der Waals surface area contributed by atoms with Crippen LogP contribution < -0.4 is 4.52 Å².